The van der Waals surface area contributed by atoms with Crippen LogP contribution in [0.2, 0.25) is 0 Å². The van der Waals surface area contributed by atoms with Gasteiger partial charge in [0, 0.05) is 43.6 Å². The Balaban J connectivity index is 1.36. The normalized spacial score (nSPS) is 14.5. The van der Waals surface area contributed by atoms with Crippen LogP contribution in [0.15, 0.2) is 60.7 Å². The van der Waals surface area contributed by atoms with Gasteiger partial charge in [-0.1, -0.05) is 18.2 Å². The van der Waals surface area contributed by atoms with Gasteiger partial charge < -0.3 is 24.6 Å². The Hall–Kier alpha value is -3.81. The second kappa shape index (κ2) is 10.2. The molecule has 1 unspecified atom stereocenters. The van der Waals surface area contributed by atoms with Crippen molar-refractivity contribution in [3.8, 4) is 11.5 Å². The third kappa shape index (κ3) is 5.71. The Kier molecular flexibility index (Phi) is 6.92. The van der Waals surface area contributed by atoms with Gasteiger partial charge in [-0.15, -0.1) is 0 Å². The van der Waals surface area contributed by atoms with E-state index in [2.05, 4.69) is 15.2 Å². The van der Waals surface area contributed by atoms with Crippen LogP contribution in [0.1, 0.15) is 12.6 Å². The molecule has 3 aromatic rings. The third-order valence-corrected chi connectivity index (χ3v) is 5.48. The molecule has 172 valence electrons. The van der Waals surface area contributed by atoms with E-state index in [1.54, 1.807) is 14.0 Å². The Morgan fingerprint density at radius 1 is 0.970 bits per heavy atom. The van der Waals surface area contributed by atoms with E-state index in [1.165, 1.54) is 0 Å². The molecule has 8 heteroatoms. The average Bonchev–Trinajstić information content (AvgIpc) is 2.84. The molecule has 1 atom stereocenters. The summed E-state index contributed by atoms with van der Waals surface area (Å²) >= 11 is 0. The van der Waals surface area contributed by atoms with Gasteiger partial charge in [-0.05, 0) is 50.2 Å². The van der Waals surface area contributed by atoms with Crippen LogP contribution in [0.4, 0.5) is 17.5 Å². The molecule has 1 aromatic heterocycles. The molecule has 1 aliphatic heterocycles. The lowest BCUT2D eigenvalue weighted by Crippen LogP contribution is -2.52. The highest BCUT2D eigenvalue weighted by Crippen LogP contribution is 2.22. The van der Waals surface area contributed by atoms with Crippen molar-refractivity contribution in [2.75, 3.05) is 43.5 Å². The van der Waals surface area contributed by atoms with E-state index in [-0.39, 0.29) is 5.91 Å². The summed E-state index contributed by atoms with van der Waals surface area (Å²) in [6.45, 7) is 6.26. The summed E-state index contributed by atoms with van der Waals surface area (Å²) in [6.07, 6.45) is -0.533. The van der Waals surface area contributed by atoms with Crippen LogP contribution >= 0.6 is 0 Å². The minimum absolute atomic E-state index is 0.00877. The zero-order valence-electron chi connectivity index (χ0n) is 19.2. The average molecular weight is 448 g/mol. The largest absolute Gasteiger partial charge is 0.497 e. The number of nitrogens with zero attached hydrogens (tertiary/aromatic N) is 4. The molecule has 1 amide bonds. The van der Waals surface area contributed by atoms with Gasteiger partial charge >= 0.3 is 0 Å². The molecule has 0 saturated carbocycles. The molecule has 2 aromatic carbocycles. The molecule has 0 aliphatic carbocycles. The van der Waals surface area contributed by atoms with Gasteiger partial charge in [-0.3, -0.25) is 4.79 Å². The summed E-state index contributed by atoms with van der Waals surface area (Å²) < 4.78 is 11.0. The summed E-state index contributed by atoms with van der Waals surface area (Å²) in [5.74, 6) is 2.88. The molecular formula is C25H29N5O3. The van der Waals surface area contributed by atoms with Crippen LogP contribution in [-0.2, 0) is 4.79 Å². The van der Waals surface area contributed by atoms with Crippen molar-refractivity contribution >= 4 is 23.4 Å². The second-order valence-corrected chi connectivity index (χ2v) is 7.93. The zero-order valence-corrected chi connectivity index (χ0v) is 19.2. The lowest BCUT2D eigenvalue weighted by Gasteiger charge is -2.36. The number of ether oxygens (including phenoxy) is 2. The first kappa shape index (κ1) is 22.4. The lowest BCUT2D eigenvalue weighted by atomic mass is 10.2. The number of anilines is 3. The maximum atomic E-state index is 12.8. The highest BCUT2D eigenvalue weighted by atomic mass is 16.5. The van der Waals surface area contributed by atoms with Crippen molar-refractivity contribution in [1.82, 2.24) is 14.9 Å². The van der Waals surface area contributed by atoms with Crippen LogP contribution in [0.3, 0.4) is 0 Å². The number of aryl methyl sites for hydroxylation is 1. The summed E-state index contributed by atoms with van der Waals surface area (Å²) in [6, 6.07) is 19.0. The Morgan fingerprint density at radius 3 is 2.33 bits per heavy atom. The molecule has 2 heterocycles. The number of hydrogen-bond donors (Lipinski definition) is 1. The van der Waals surface area contributed by atoms with Gasteiger partial charge in [0.15, 0.2) is 6.10 Å². The molecule has 1 saturated heterocycles. The van der Waals surface area contributed by atoms with E-state index in [0.29, 0.717) is 37.9 Å². The second-order valence-electron chi connectivity index (χ2n) is 7.93. The van der Waals surface area contributed by atoms with E-state index in [1.807, 2.05) is 72.5 Å². The number of hydrogen-bond acceptors (Lipinski definition) is 7. The highest BCUT2D eigenvalue weighted by Gasteiger charge is 2.27. The van der Waals surface area contributed by atoms with E-state index in [9.17, 15) is 4.79 Å². The first-order valence-electron chi connectivity index (χ1n) is 11.0. The van der Waals surface area contributed by atoms with Gasteiger partial charge in [0.1, 0.15) is 17.3 Å². The van der Waals surface area contributed by atoms with E-state index >= 15 is 0 Å². The number of aromatic nitrogens is 2. The molecule has 1 N–H and O–H groups in total. The number of nitrogens with one attached hydrogen (secondary N) is 1. The van der Waals surface area contributed by atoms with E-state index in [4.69, 9.17) is 14.5 Å². The topological polar surface area (TPSA) is 79.8 Å². The molecule has 0 spiro atoms. The molecule has 33 heavy (non-hydrogen) atoms. The quantitative estimate of drug-likeness (QED) is 0.592. The predicted molar refractivity (Wildman–Crippen MR) is 128 cm³/mol. The maximum Gasteiger partial charge on any atom is 0.263 e. The van der Waals surface area contributed by atoms with Crippen molar-refractivity contribution in [2.45, 2.75) is 20.0 Å². The molecule has 8 nitrogen and oxygen atoms in total. The number of para-hydroxylation sites is 1. The fraction of sp³-hybridized carbons (Fsp3) is 0.320. The third-order valence-electron chi connectivity index (χ3n) is 5.48. The molecule has 4 rings (SSSR count). The zero-order chi connectivity index (χ0) is 23.2. The molecule has 0 radical (unpaired) electrons. The van der Waals surface area contributed by atoms with Crippen LogP contribution < -0.4 is 19.7 Å². The van der Waals surface area contributed by atoms with Crippen molar-refractivity contribution in [2.24, 2.45) is 0 Å². The van der Waals surface area contributed by atoms with E-state index < -0.39 is 6.10 Å². The number of rotatable bonds is 7. The number of methoxy groups -OCH3 is 1. The Bertz CT molecular complexity index is 1070. The smallest absolute Gasteiger partial charge is 0.263 e. The number of carbonyl (C=O) groups excluding carboxylic acids is 1. The fourth-order valence-corrected chi connectivity index (χ4v) is 3.72. The summed E-state index contributed by atoms with van der Waals surface area (Å²) in [7, 11) is 1.65. The predicted octanol–water partition coefficient (Wildman–Crippen LogP) is 3.65. The fourth-order valence-electron chi connectivity index (χ4n) is 3.72. The van der Waals surface area contributed by atoms with Crippen LogP contribution in [0.5, 0.6) is 11.5 Å². The number of amides is 1. The summed E-state index contributed by atoms with van der Waals surface area (Å²) in [5, 5.41) is 3.33. The molecular weight excluding hydrogens is 418 g/mol. The minimum Gasteiger partial charge on any atom is -0.497 e. The van der Waals surface area contributed by atoms with Gasteiger partial charge in [0.2, 0.25) is 5.95 Å². The van der Waals surface area contributed by atoms with Crippen molar-refractivity contribution in [3.63, 3.8) is 0 Å². The number of benzene rings is 2. The Morgan fingerprint density at radius 2 is 1.67 bits per heavy atom. The maximum absolute atomic E-state index is 12.8. The van der Waals surface area contributed by atoms with Gasteiger partial charge in [0.25, 0.3) is 5.91 Å². The number of carbonyl (C=O) groups is 1. The first-order valence-corrected chi connectivity index (χ1v) is 11.0. The highest BCUT2D eigenvalue weighted by molar-refractivity contribution is 5.81. The van der Waals surface area contributed by atoms with Crippen molar-refractivity contribution in [3.05, 3.63) is 66.4 Å². The SMILES string of the molecule is COc1ccc(Nc2cc(C)nc(N3CCN(C(=O)C(C)Oc4ccccc4)CC3)n2)cc1. The molecule has 1 fully saturated rings. The summed E-state index contributed by atoms with van der Waals surface area (Å²) in [4.78, 5) is 26.1. The number of piperazine rings is 1. The van der Waals surface area contributed by atoms with Crippen LogP contribution in [0, 0.1) is 6.92 Å². The molecule has 1 aliphatic rings. The van der Waals surface area contributed by atoms with E-state index in [0.717, 1.165) is 22.9 Å². The van der Waals surface area contributed by atoms with Crippen LogP contribution in [-0.4, -0.2) is 60.2 Å². The summed E-state index contributed by atoms with van der Waals surface area (Å²) in [5.41, 5.74) is 1.79. The van der Waals surface area contributed by atoms with Gasteiger partial charge in [-0.25, -0.2) is 4.98 Å². The standard InChI is InChI=1S/C25H29N5O3/c1-18-17-23(27-20-9-11-21(32-3)12-10-20)28-25(26-18)30-15-13-29(14-16-30)24(31)19(2)33-22-7-5-4-6-8-22/h4-12,17,19H,13-16H2,1-3H3,(H,26,27,28). The first-order chi connectivity index (χ1) is 16.0. The van der Waals surface area contributed by atoms with Crippen molar-refractivity contribution in [1.29, 1.82) is 0 Å². The minimum atomic E-state index is -0.533. The monoisotopic (exact) mass is 447 g/mol. The molecule has 0 bridgehead atoms. The van der Waals surface area contributed by atoms with Crippen LogP contribution in [0.25, 0.3) is 0 Å². The lowest BCUT2D eigenvalue weighted by molar-refractivity contribution is -0.138. The van der Waals surface area contributed by atoms with Crippen molar-refractivity contribution < 1.29 is 14.3 Å². The van der Waals surface area contributed by atoms with Gasteiger partial charge in [-0.2, -0.15) is 4.98 Å². The Labute approximate surface area is 194 Å². The van der Waals surface area contributed by atoms with Gasteiger partial charge in [0.05, 0.1) is 7.11 Å².